The van der Waals surface area contributed by atoms with Crippen molar-refractivity contribution in [1.82, 2.24) is 0 Å². The van der Waals surface area contributed by atoms with Crippen molar-refractivity contribution in [2.75, 3.05) is 19.8 Å². The highest BCUT2D eigenvalue weighted by atomic mass is 16.9. The van der Waals surface area contributed by atoms with E-state index in [-0.39, 0.29) is 19.8 Å². The predicted octanol–water partition coefficient (Wildman–Crippen LogP) is 1.15. The van der Waals surface area contributed by atoms with Crippen LogP contribution in [0.5, 0.6) is 0 Å². The first-order valence-corrected chi connectivity index (χ1v) is 4.23. The van der Waals surface area contributed by atoms with E-state index >= 15 is 0 Å². The topological polar surface area (TPSA) is 87.9 Å². The summed E-state index contributed by atoms with van der Waals surface area (Å²) >= 11 is 0. The second-order valence-electron chi connectivity index (χ2n) is 2.30. The van der Waals surface area contributed by atoms with Crippen LogP contribution in [-0.4, -0.2) is 31.1 Å². The largest absolute Gasteiger partial charge is 0.508 e. The van der Waals surface area contributed by atoms with Crippen molar-refractivity contribution >= 4 is 6.16 Å². The van der Waals surface area contributed by atoms with Crippen LogP contribution in [0.2, 0.25) is 0 Å². The van der Waals surface area contributed by atoms with Gasteiger partial charge in [-0.1, -0.05) is 0 Å². The molecule has 0 aromatic carbocycles. The fraction of sp³-hybridized carbons (Fsp3) is 0.857. The minimum atomic E-state index is -0.855. The molecule has 0 rings (SSSR count). The molecule has 0 aliphatic carbocycles. The van der Waals surface area contributed by atoms with Crippen LogP contribution in [-0.2, 0) is 14.3 Å². The molecule has 0 aromatic heterocycles. The second kappa shape index (κ2) is 8.09. The molecule has 0 saturated carbocycles. The van der Waals surface area contributed by atoms with Gasteiger partial charge in [-0.05, 0) is 19.8 Å². The third-order valence-electron chi connectivity index (χ3n) is 1.22. The van der Waals surface area contributed by atoms with E-state index in [4.69, 9.17) is 0 Å². The molecule has 0 saturated heterocycles. The molecule has 0 radical (unpaired) electrons. The number of hydrogen-bond donors (Lipinski definition) is 0. The van der Waals surface area contributed by atoms with Crippen LogP contribution < -0.4 is 0 Å². The van der Waals surface area contributed by atoms with E-state index in [1.165, 1.54) is 0 Å². The first-order valence-electron chi connectivity index (χ1n) is 4.23. The quantitative estimate of drug-likeness (QED) is 0.269. The van der Waals surface area contributed by atoms with E-state index in [0.29, 0.717) is 12.8 Å². The summed E-state index contributed by atoms with van der Waals surface area (Å²) in [4.78, 5) is 24.4. The maximum Gasteiger partial charge on any atom is 0.508 e. The zero-order valence-electron chi connectivity index (χ0n) is 7.93. The zero-order chi connectivity index (χ0) is 10.8. The summed E-state index contributed by atoms with van der Waals surface area (Å²) in [7, 11) is 0. The monoisotopic (exact) mass is 207 g/mol. The summed E-state index contributed by atoms with van der Waals surface area (Å²) in [5.41, 5.74) is 0. The van der Waals surface area contributed by atoms with Crippen molar-refractivity contribution in [2.45, 2.75) is 19.8 Å². The molecule has 14 heavy (non-hydrogen) atoms. The molecule has 82 valence electrons. The molecular weight excluding hydrogens is 194 g/mol. The van der Waals surface area contributed by atoms with Gasteiger partial charge in [0, 0.05) is 0 Å². The lowest BCUT2D eigenvalue weighted by atomic mass is 10.3. The van der Waals surface area contributed by atoms with Crippen molar-refractivity contribution < 1.29 is 24.2 Å². The molecule has 0 spiro atoms. The highest BCUT2D eigenvalue weighted by Crippen LogP contribution is 1.93. The summed E-state index contributed by atoms with van der Waals surface area (Å²) < 4.78 is 9.09. The Hall–Kier alpha value is -1.53. The van der Waals surface area contributed by atoms with Crippen LogP contribution in [0, 0.1) is 10.1 Å². The maximum atomic E-state index is 10.6. The Labute approximate surface area is 81.0 Å². The molecule has 0 atom stereocenters. The van der Waals surface area contributed by atoms with E-state index in [0.717, 1.165) is 0 Å². The van der Waals surface area contributed by atoms with Gasteiger partial charge in [-0.2, -0.15) is 0 Å². The first kappa shape index (κ1) is 12.5. The van der Waals surface area contributed by atoms with Gasteiger partial charge in [-0.3, -0.25) is 0 Å². The van der Waals surface area contributed by atoms with Gasteiger partial charge >= 0.3 is 6.16 Å². The average Bonchev–Trinajstić information content (AvgIpc) is 2.11. The van der Waals surface area contributed by atoms with Gasteiger partial charge in [-0.15, -0.1) is 10.1 Å². The first-order chi connectivity index (χ1) is 6.66. The standard InChI is InChI=1S/C7H13NO6/c1-2-12-7(9)13-5-3-4-6-14-8(10)11/h2-6H2,1H3. The number of ether oxygens (including phenoxy) is 2. The Balaban J connectivity index is 3.13. The molecule has 7 heteroatoms. The number of nitrogens with zero attached hydrogens (tertiary/aromatic N) is 1. The van der Waals surface area contributed by atoms with Gasteiger partial charge in [0.2, 0.25) is 0 Å². The van der Waals surface area contributed by atoms with Gasteiger partial charge in [0.1, 0.15) is 0 Å². The Morgan fingerprint density at radius 1 is 1.29 bits per heavy atom. The van der Waals surface area contributed by atoms with E-state index in [1.807, 2.05) is 0 Å². The minimum absolute atomic E-state index is 0.0131. The van der Waals surface area contributed by atoms with E-state index in [2.05, 4.69) is 14.3 Å². The van der Waals surface area contributed by atoms with Gasteiger partial charge < -0.3 is 14.3 Å². The maximum absolute atomic E-state index is 10.6. The lowest BCUT2D eigenvalue weighted by molar-refractivity contribution is -0.757. The lowest BCUT2D eigenvalue weighted by Gasteiger charge is -2.03. The van der Waals surface area contributed by atoms with Crippen LogP contribution >= 0.6 is 0 Å². The van der Waals surface area contributed by atoms with Crippen LogP contribution in [0.15, 0.2) is 0 Å². The average molecular weight is 207 g/mol. The highest BCUT2D eigenvalue weighted by Gasteiger charge is 2.01. The molecular formula is C7H13NO6. The van der Waals surface area contributed by atoms with E-state index < -0.39 is 11.2 Å². The molecule has 0 amide bonds. The van der Waals surface area contributed by atoms with Crippen molar-refractivity contribution in [3.8, 4) is 0 Å². The Kier molecular flexibility index (Phi) is 7.20. The van der Waals surface area contributed by atoms with Crippen molar-refractivity contribution in [2.24, 2.45) is 0 Å². The van der Waals surface area contributed by atoms with Gasteiger partial charge in [0.15, 0.2) is 0 Å². The summed E-state index contributed by atoms with van der Waals surface area (Å²) in [5, 5.41) is 8.85. The molecule has 0 aliphatic heterocycles. The van der Waals surface area contributed by atoms with Gasteiger partial charge in [0.05, 0.1) is 19.8 Å². The number of hydrogen-bond acceptors (Lipinski definition) is 6. The summed E-state index contributed by atoms with van der Waals surface area (Å²) in [6.07, 6.45) is 0.246. The van der Waals surface area contributed by atoms with Crippen LogP contribution in [0.25, 0.3) is 0 Å². The lowest BCUT2D eigenvalue weighted by Crippen LogP contribution is -2.09. The van der Waals surface area contributed by atoms with Crippen LogP contribution in [0.1, 0.15) is 19.8 Å². The molecule has 0 aromatic rings. The number of unbranched alkanes of at least 4 members (excludes halogenated alkanes) is 1. The van der Waals surface area contributed by atoms with Crippen LogP contribution in [0.3, 0.4) is 0 Å². The van der Waals surface area contributed by atoms with Crippen molar-refractivity contribution in [3.63, 3.8) is 0 Å². The van der Waals surface area contributed by atoms with Crippen molar-refractivity contribution in [1.29, 1.82) is 0 Å². The summed E-state index contributed by atoms with van der Waals surface area (Å²) in [6.45, 7) is 2.13. The third-order valence-corrected chi connectivity index (χ3v) is 1.22. The normalized spacial score (nSPS) is 9.21. The fourth-order valence-electron chi connectivity index (χ4n) is 0.658. The molecule has 7 nitrogen and oxygen atoms in total. The summed E-state index contributed by atoms with van der Waals surface area (Å²) in [6, 6.07) is 0. The Morgan fingerprint density at radius 3 is 2.50 bits per heavy atom. The van der Waals surface area contributed by atoms with E-state index in [9.17, 15) is 14.9 Å². The SMILES string of the molecule is CCOC(=O)OCCCCO[N+](=O)[O-]. The molecule has 0 unspecified atom stereocenters. The van der Waals surface area contributed by atoms with Gasteiger partial charge in [0.25, 0.3) is 5.09 Å². The Bertz CT molecular complexity index is 183. The van der Waals surface area contributed by atoms with Crippen molar-refractivity contribution in [3.05, 3.63) is 10.1 Å². The molecule has 0 heterocycles. The Morgan fingerprint density at radius 2 is 1.93 bits per heavy atom. The van der Waals surface area contributed by atoms with Gasteiger partial charge in [-0.25, -0.2) is 4.79 Å². The minimum Gasteiger partial charge on any atom is -0.435 e. The molecule has 0 fully saturated rings. The molecule has 0 bridgehead atoms. The van der Waals surface area contributed by atoms with E-state index in [1.54, 1.807) is 6.92 Å². The number of carbonyl (C=O) groups is 1. The van der Waals surface area contributed by atoms with Crippen LogP contribution in [0.4, 0.5) is 4.79 Å². The molecule has 0 N–H and O–H groups in total. The zero-order valence-corrected chi connectivity index (χ0v) is 7.93. The molecule has 0 aliphatic rings. The number of rotatable bonds is 7. The smallest absolute Gasteiger partial charge is 0.435 e. The highest BCUT2D eigenvalue weighted by molar-refractivity contribution is 5.59. The predicted molar refractivity (Wildman–Crippen MR) is 45.2 cm³/mol. The third kappa shape index (κ3) is 8.57. The number of carbonyl (C=O) groups excluding carboxylic acids is 1. The fourth-order valence-corrected chi connectivity index (χ4v) is 0.658. The second-order valence-corrected chi connectivity index (χ2v) is 2.30. The summed E-state index contributed by atoms with van der Waals surface area (Å²) in [5.74, 6) is 0.